The van der Waals surface area contributed by atoms with Gasteiger partial charge in [0.1, 0.15) is 0 Å². The third-order valence-electron chi connectivity index (χ3n) is 4.58. The van der Waals surface area contributed by atoms with E-state index in [0.29, 0.717) is 24.1 Å². The zero-order valence-corrected chi connectivity index (χ0v) is 14.3. The summed E-state index contributed by atoms with van der Waals surface area (Å²) in [5, 5.41) is 3.81. The molecule has 3 heteroatoms. The second-order valence-electron chi connectivity index (χ2n) is 6.61. The summed E-state index contributed by atoms with van der Waals surface area (Å²) < 4.78 is 5.85. The van der Waals surface area contributed by atoms with Crippen LogP contribution in [0, 0.1) is 5.92 Å². The zero-order chi connectivity index (χ0) is 15.0. The van der Waals surface area contributed by atoms with Gasteiger partial charge in [-0.25, -0.2) is 0 Å². The first kappa shape index (κ1) is 17.9. The standard InChI is InChI=1S/C17H36N2O/c1-6-19(7-2)11-8-9-15(5)18-16-10-12-20-17(13-16)14(3)4/h14-18H,6-13H2,1-5H3. The highest BCUT2D eigenvalue weighted by Gasteiger charge is 2.25. The Kier molecular flexibility index (Phi) is 8.74. The fourth-order valence-electron chi connectivity index (χ4n) is 3.09. The van der Waals surface area contributed by atoms with Gasteiger partial charge in [0.05, 0.1) is 6.10 Å². The van der Waals surface area contributed by atoms with E-state index in [0.717, 1.165) is 6.61 Å². The predicted molar refractivity (Wildman–Crippen MR) is 87.2 cm³/mol. The molecule has 3 atom stereocenters. The van der Waals surface area contributed by atoms with Crippen LogP contribution in [0.4, 0.5) is 0 Å². The van der Waals surface area contributed by atoms with Crippen molar-refractivity contribution in [3.8, 4) is 0 Å². The van der Waals surface area contributed by atoms with E-state index in [1.807, 2.05) is 0 Å². The Balaban J connectivity index is 2.19. The summed E-state index contributed by atoms with van der Waals surface area (Å²) in [4.78, 5) is 2.51. The average molecular weight is 284 g/mol. The molecule has 0 aliphatic carbocycles. The first-order valence-corrected chi connectivity index (χ1v) is 8.66. The summed E-state index contributed by atoms with van der Waals surface area (Å²) in [6.07, 6.45) is 5.37. The van der Waals surface area contributed by atoms with Gasteiger partial charge >= 0.3 is 0 Å². The van der Waals surface area contributed by atoms with Gasteiger partial charge in [0.15, 0.2) is 0 Å². The number of nitrogens with one attached hydrogen (secondary N) is 1. The van der Waals surface area contributed by atoms with E-state index in [1.54, 1.807) is 0 Å². The van der Waals surface area contributed by atoms with E-state index in [4.69, 9.17) is 4.74 Å². The molecule has 0 saturated carbocycles. The van der Waals surface area contributed by atoms with Crippen LogP contribution in [0.3, 0.4) is 0 Å². The Hall–Kier alpha value is -0.120. The Morgan fingerprint density at radius 2 is 1.90 bits per heavy atom. The molecule has 3 unspecified atom stereocenters. The topological polar surface area (TPSA) is 24.5 Å². The van der Waals surface area contributed by atoms with Gasteiger partial charge in [-0.3, -0.25) is 0 Å². The molecule has 20 heavy (non-hydrogen) atoms. The van der Waals surface area contributed by atoms with Gasteiger partial charge in [-0.05, 0) is 58.2 Å². The van der Waals surface area contributed by atoms with Gasteiger partial charge in [0.25, 0.3) is 0 Å². The molecule has 0 aromatic heterocycles. The minimum Gasteiger partial charge on any atom is -0.378 e. The fourth-order valence-corrected chi connectivity index (χ4v) is 3.09. The van der Waals surface area contributed by atoms with Crippen LogP contribution in [0.5, 0.6) is 0 Å². The molecule has 0 bridgehead atoms. The normalized spacial score (nSPS) is 25.4. The highest BCUT2D eigenvalue weighted by molar-refractivity contribution is 4.80. The van der Waals surface area contributed by atoms with E-state index >= 15 is 0 Å². The molecule has 0 radical (unpaired) electrons. The van der Waals surface area contributed by atoms with Crippen molar-refractivity contribution in [3.63, 3.8) is 0 Å². The van der Waals surface area contributed by atoms with Crippen molar-refractivity contribution in [2.75, 3.05) is 26.2 Å². The SMILES string of the molecule is CCN(CC)CCCC(C)NC1CCOC(C(C)C)C1. The molecule has 1 N–H and O–H groups in total. The zero-order valence-electron chi connectivity index (χ0n) is 14.3. The first-order chi connectivity index (χ1) is 9.56. The first-order valence-electron chi connectivity index (χ1n) is 8.66. The van der Waals surface area contributed by atoms with Gasteiger partial charge in [-0.1, -0.05) is 27.7 Å². The molecule has 1 aliphatic heterocycles. The highest BCUT2D eigenvalue weighted by atomic mass is 16.5. The maximum Gasteiger partial charge on any atom is 0.0612 e. The molecule has 1 aliphatic rings. The summed E-state index contributed by atoms with van der Waals surface area (Å²) in [7, 11) is 0. The van der Waals surface area contributed by atoms with E-state index < -0.39 is 0 Å². The van der Waals surface area contributed by atoms with Crippen molar-refractivity contribution in [1.29, 1.82) is 0 Å². The van der Waals surface area contributed by atoms with Crippen molar-refractivity contribution < 1.29 is 4.74 Å². The molecule has 1 fully saturated rings. The third kappa shape index (κ3) is 6.55. The molecule has 1 heterocycles. The van der Waals surface area contributed by atoms with Crippen LogP contribution >= 0.6 is 0 Å². The van der Waals surface area contributed by atoms with E-state index in [1.165, 1.54) is 45.3 Å². The van der Waals surface area contributed by atoms with Crippen LogP contribution in [-0.2, 0) is 4.74 Å². The Labute approximate surface area is 126 Å². The summed E-state index contributed by atoms with van der Waals surface area (Å²) >= 11 is 0. The molecular weight excluding hydrogens is 248 g/mol. The largest absolute Gasteiger partial charge is 0.378 e. The molecule has 0 amide bonds. The van der Waals surface area contributed by atoms with Gasteiger partial charge in [-0.15, -0.1) is 0 Å². The lowest BCUT2D eigenvalue weighted by Crippen LogP contribution is -2.44. The molecule has 1 saturated heterocycles. The van der Waals surface area contributed by atoms with Crippen LogP contribution in [0.1, 0.15) is 60.3 Å². The van der Waals surface area contributed by atoms with Gasteiger partial charge in [-0.2, -0.15) is 0 Å². The highest BCUT2D eigenvalue weighted by Crippen LogP contribution is 2.20. The van der Waals surface area contributed by atoms with Crippen LogP contribution in [0.25, 0.3) is 0 Å². The number of hydrogen-bond donors (Lipinski definition) is 1. The molecule has 0 spiro atoms. The van der Waals surface area contributed by atoms with Gasteiger partial charge < -0.3 is 15.0 Å². The maximum atomic E-state index is 5.85. The van der Waals surface area contributed by atoms with Crippen molar-refractivity contribution >= 4 is 0 Å². The van der Waals surface area contributed by atoms with Crippen LogP contribution in [0.2, 0.25) is 0 Å². The van der Waals surface area contributed by atoms with Crippen LogP contribution < -0.4 is 5.32 Å². The summed E-state index contributed by atoms with van der Waals surface area (Å²) in [6.45, 7) is 15.9. The minimum absolute atomic E-state index is 0.448. The minimum atomic E-state index is 0.448. The van der Waals surface area contributed by atoms with E-state index in [2.05, 4.69) is 44.8 Å². The molecule has 0 aromatic rings. The second-order valence-corrected chi connectivity index (χ2v) is 6.61. The number of ether oxygens (including phenoxy) is 1. The molecule has 1 rings (SSSR count). The van der Waals surface area contributed by atoms with Crippen molar-refractivity contribution in [2.24, 2.45) is 5.92 Å². The van der Waals surface area contributed by atoms with Gasteiger partial charge in [0, 0.05) is 18.7 Å². The molecule has 3 nitrogen and oxygen atoms in total. The lowest BCUT2D eigenvalue weighted by Gasteiger charge is -2.34. The van der Waals surface area contributed by atoms with Crippen molar-refractivity contribution in [3.05, 3.63) is 0 Å². The van der Waals surface area contributed by atoms with Gasteiger partial charge in [0.2, 0.25) is 0 Å². The van der Waals surface area contributed by atoms with E-state index in [9.17, 15) is 0 Å². The summed E-state index contributed by atoms with van der Waals surface area (Å²) in [5.41, 5.74) is 0. The smallest absolute Gasteiger partial charge is 0.0612 e. The summed E-state index contributed by atoms with van der Waals surface area (Å²) in [5.74, 6) is 0.637. The Morgan fingerprint density at radius 1 is 1.20 bits per heavy atom. The molecule has 0 aromatic carbocycles. The predicted octanol–water partition coefficient (Wildman–Crippen LogP) is 3.29. The Bertz CT molecular complexity index is 241. The number of hydrogen-bond acceptors (Lipinski definition) is 3. The monoisotopic (exact) mass is 284 g/mol. The second kappa shape index (κ2) is 9.75. The number of rotatable bonds is 9. The van der Waals surface area contributed by atoms with Crippen LogP contribution in [-0.4, -0.2) is 49.3 Å². The van der Waals surface area contributed by atoms with E-state index in [-0.39, 0.29) is 0 Å². The lowest BCUT2D eigenvalue weighted by molar-refractivity contribution is -0.0258. The molecule has 120 valence electrons. The average Bonchev–Trinajstić information content (AvgIpc) is 2.44. The molecular formula is C17H36N2O. The number of nitrogens with zero attached hydrogens (tertiary/aromatic N) is 1. The lowest BCUT2D eigenvalue weighted by atomic mass is 9.94. The van der Waals surface area contributed by atoms with Crippen LogP contribution in [0.15, 0.2) is 0 Å². The van der Waals surface area contributed by atoms with Crippen molar-refractivity contribution in [1.82, 2.24) is 10.2 Å². The maximum absolute atomic E-state index is 5.85. The van der Waals surface area contributed by atoms with Crippen molar-refractivity contribution in [2.45, 2.75) is 78.5 Å². The third-order valence-corrected chi connectivity index (χ3v) is 4.58. The quantitative estimate of drug-likeness (QED) is 0.703. The fraction of sp³-hybridized carbons (Fsp3) is 1.00. The Morgan fingerprint density at radius 3 is 2.50 bits per heavy atom. The summed E-state index contributed by atoms with van der Waals surface area (Å²) in [6, 6.07) is 1.28.